The fraction of sp³-hybridized carbons (Fsp3) is 0.417. The van der Waals surface area contributed by atoms with Crippen molar-refractivity contribution < 1.29 is 4.42 Å². The fourth-order valence-corrected chi connectivity index (χ4v) is 1.88. The normalized spacial score (nSPS) is 19.1. The summed E-state index contributed by atoms with van der Waals surface area (Å²) in [6.07, 6.45) is 1.38. The molecule has 1 aliphatic heterocycles. The summed E-state index contributed by atoms with van der Waals surface area (Å²) < 4.78 is 5.03. The van der Waals surface area contributed by atoms with Crippen LogP contribution in [0.4, 0.5) is 6.01 Å². The summed E-state index contributed by atoms with van der Waals surface area (Å²) in [6.45, 7) is 4.75. The summed E-state index contributed by atoms with van der Waals surface area (Å²) in [5.74, 6) is 0.935. The number of nitrogens with zero attached hydrogens (tertiary/aromatic N) is 1. The molecular formula is C12H16ClN3O. The Balaban J connectivity index is 0.000000153. The third kappa shape index (κ3) is 3.35. The van der Waals surface area contributed by atoms with Gasteiger partial charge in [-0.05, 0) is 37.6 Å². The van der Waals surface area contributed by atoms with Gasteiger partial charge in [-0.1, -0.05) is 18.5 Å². The van der Waals surface area contributed by atoms with Crippen molar-refractivity contribution in [1.82, 2.24) is 10.3 Å². The van der Waals surface area contributed by atoms with Crippen molar-refractivity contribution in [3.63, 3.8) is 0 Å². The number of fused-ring (bicyclic) bond motifs is 1. The highest BCUT2D eigenvalue weighted by molar-refractivity contribution is 6.31. The van der Waals surface area contributed by atoms with Gasteiger partial charge in [0.2, 0.25) is 0 Å². The Kier molecular flexibility index (Phi) is 3.86. The molecule has 17 heavy (non-hydrogen) atoms. The van der Waals surface area contributed by atoms with Crippen LogP contribution >= 0.6 is 11.6 Å². The Morgan fingerprint density at radius 2 is 2.35 bits per heavy atom. The monoisotopic (exact) mass is 253 g/mol. The second-order valence-electron chi connectivity index (χ2n) is 4.26. The van der Waals surface area contributed by atoms with Crippen molar-refractivity contribution in [2.75, 3.05) is 18.8 Å². The van der Waals surface area contributed by atoms with Crippen molar-refractivity contribution in [2.45, 2.75) is 13.3 Å². The predicted molar refractivity (Wildman–Crippen MR) is 70.1 cm³/mol. The van der Waals surface area contributed by atoms with E-state index in [9.17, 15) is 0 Å². The molecule has 0 bridgehead atoms. The molecule has 0 radical (unpaired) electrons. The van der Waals surface area contributed by atoms with E-state index in [1.165, 1.54) is 19.5 Å². The summed E-state index contributed by atoms with van der Waals surface area (Å²) in [5, 5.41) is 3.89. The van der Waals surface area contributed by atoms with Gasteiger partial charge in [0.05, 0.1) is 0 Å². The number of benzene rings is 1. The summed E-state index contributed by atoms with van der Waals surface area (Å²) in [5.41, 5.74) is 6.67. The Labute approximate surface area is 105 Å². The summed E-state index contributed by atoms with van der Waals surface area (Å²) in [7, 11) is 0. The van der Waals surface area contributed by atoms with E-state index >= 15 is 0 Å². The number of hydrogen-bond donors (Lipinski definition) is 2. The summed E-state index contributed by atoms with van der Waals surface area (Å²) >= 11 is 5.70. The third-order valence-electron chi connectivity index (χ3n) is 2.67. The maximum absolute atomic E-state index is 5.70. The molecule has 0 aliphatic carbocycles. The van der Waals surface area contributed by atoms with E-state index in [0.29, 0.717) is 10.6 Å². The third-order valence-corrected chi connectivity index (χ3v) is 2.91. The van der Waals surface area contributed by atoms with Crippen LogP contribution in [0, 0.1) is 5.92 Å². The average Bonchev–Trinajstić information content (AvgIpc) is 2.86. The van der Waals surface area contributed by atoms with Crippen LogP contribution in [0.25, 0.3) is 11.1 Å². The second-order valence-corrected chi connectivity index (χ2v) is 4.70. The lowest BCUT2D eigenvalue weighted by Gasteiger charge is -1.90. The number of nitrogen functional groups attached to an aromatic ring is 1. The van der Waals surface area contributed by atoms with E-state index < -0.39 is 0 Å². The number of nitrogens with one attached hydrogen (secondary N) is 1. The van der Waals surface area contributed by atoms with Gasteiger partial charge in [0, 0.05) is 11.1 Å². The highest BCUT2D eigenvalue weighted by Gasteiger charge is 2.06. The van der Waals surface area contributed by atoms with Crippen LogP contribution in [0.5, 0.6) is 0 Å². The van der Waals surface area contributed by atoms with Crippen LogP contribution in [0.3, 0.4) is 0 Å². The lowest BCUT2D eigenvalue weighted by molar-refractivity contribution is 0.626. The molecule has 0 saturated carbocycles. The second kappa shape index (κ2) is 5.38. The molecular weight excluding hydrogens is 238 g/mol. The number of nitrogens with two attached hydrogens (primary N) is 1. The van der Waals surface area contributed by atoms with Gasteiger partial charge in [0.25, 0.3) is 6.01 Å². The molecule has 1 saturated heterocycles. The molecule has 1 aromatic heterocycles. The van der Waals surface area contributed by atoms with Gasteiger partial charge >= 0.3 is 0 Å². The van der Waals surface area contributed by atoms with Crippen LogP contribution in [0.1, 0.15) is 13.3 Å². The van der Waals surface area contributed by atoms with Crippen LogP contribution in [-0.2, 0) is 0 Å². The van der Waals surface area contributed by atoms with E-state index in [1.807, 2.05) is 0 Å². The van der Waals surface area contributed by atoms with Gasteiger partial charge in [-0.3, -0.25) is 0 Å². The lowest BCUT2D eigenvalue weighted by Crippen LogP contribution is -2.06. The molecule has 1 fully saturated rings. The summed E-state index contributed by atoms with van der Waals surface area (Å²) in [4.78, 5) is 3.91. The highest BCUT2D eigenvalue weighted by Crippen LogP contribution is 2.20. The maximum Gasteiger partial charge on any atom is 0.292 e. The molecule has 92 valence electrons. The number of halogens is 1. The quantitative estimate of drug-likeness (QED) is 0.758. The molecule has 4 nitrogen and oxygen atoms in total. The Bertz CT molecular complexity index is 491. The van der Waals surface area contributed by atoms with Crippen molar-refractivity contribution in [3.8, 4) is 0 Å². The molecule has 3 N–H and O–H groups in total. The predicted octanol–water partition coefficient (Wildman–Crippen LogP) is 2.68. The van der Waals surface area contributed by atoms with Gasteiger partial charge in [-0.2, -0.15) is 4.98 Å². The molecule has 0 spiro atoms. The first-order valence-electron chi connectivity index (χ1n) is 5.67. The topological polar surface area (TPSA) is 64.1 Å². The van der Waals surface area contributed by atoms with Crippen molar-refractivity contribution in [2.24, 2.45) is 5.92 Å². The van der Waals surface area contributed by atoms with Crippen molar-refractivity contribution >= 4 is 28.7 Å². The first-order chi connectivity index (χ1) is 8.15. The lowest BCUT2D eigenvalue weighted by atomic mass is 10.2. The van der Waals surface area contributed by atoms with E-state index in [2.05, 4.69) is 17.2 Å². The number of oxazole rings is 1. The van der Waals surface area contributed by atoms with Crippen molar-refractivity contribution in [1.29, 1.82) is 0 Å². The SMILES string of the molecule is CC1CCNC1.Nc1nc2ccc(Cl)cc2o1. The largest absolute Gasteiger partial charge is 0.424 e. The fourth-order valence-electron chi connectivity index (χ4n) is 1.72. The summed E-state index contributed by atoms with van der Waals surface area (Å²) in [6, 6.07) is 5.35. The van der Waals surface area contributed by atoms with Gasteiger partial charge in [-0.15, -0.1) is 0 Å². The van der Waals surface area contributed by atoms with Gasteiger partial charge in [0.15, 0.2) is 5.58 Å². The number of rotatable bonds is 0. The van der Waals surface area contributed by atoms with E-state index in [-0.39, 0.29) is 6.01 Å². The Morgan fingerprint density at radius 3 is 2.94 bits per heavy atom. The average molecular weight is 254 g/mol. The van der Waals surface area contributed by atoms with Gasteiger partial charge in [0.1, 0.15) is 5.52 Å². The zero-order chi connectivity index (χ0) is 12.3. The molecule has 2 heterocycles. The molecule has 2 aromatic rings. The van der Waals surface area contributed by atoms with Gasteiger partial charge in [-0.25, -0.2) is 0 Å². The number of hydrogen-bond acceptors (Lipinski definition) is 4. The van der Waals surface area contributed by atoms with E-state index in [4.69, 9.17) is 21.8 Å². The van der Waals surface area contributed by atoms with E-state index in [1.54, 1.807) is 18.2 Å². The molecule has 5 heteroatoms. The number of anilines is 1. The van der Waals surface area contributed by atoms with Crippen molar-refractivity contribution in [3.05, 3.63) is 23.2 Å². The Hall–Kier alpha value is -1.26. The Morgan fingerprint density at radius 1 is 1.53 bits per heavy atom. The standard InChI is InChI=1S/C7H5ClN2O.C5H11N/c8-4-1-2-5-6(3-4)11-7(9)10-5;1-5-2-3-6-4-5/h1-3H,(H2,9,10);5-6H,2-4H2,1H3. The molecule has 0 amide bonds. The zero-order valence-corrected chi connectivity index (χ0v) is 10.5. The number of aromatic nitrogens is 1. The zero-order valence-electron chi connectivity index (χ0n) is 9.74. The van der Waals surface area contributed by atoms with Crippen LogP contribution in [0.15, 0.2) is 22.6 Å². The van der Waals surface area contributed by atoms with Gasteiger partial charge < -0.3 is 15.5 Å². The van der Waals surface area contributed by atoms with E-state index in [0.717, 1.165) is 11.4 Å². The smallest absolute Gasteiger partial charge is 0.292 e. The molecule has 1 aliphatic rings. The molecule has 1 unspecified atom stereocenters. The highest BCUT2D eigenvalue weighted by atomic mass is 35.5. The minimum Gasteiger partial charge on any atom is -0.424 e. The minimum absolute atomic E-state index is 0.169. The first kappa shape index (κ1) is 12.2. The first-order valence-corrected chi connectivity index (χ1v) is 6.05. The molecule has 1 aromatic carbocycles. The molecule has 1 atom stereocenters. The maximum atomic E-state index is 5.70. The minimum atomic E-state index is 0.169. The van der Waals surface area contributed by atoms with Crippen LogP contribution in [0.2, 0.25) is 5.02 Å². The van der Waals surface area contributed by atoms with Crippen LogP contribution < -0.4 is 11.1 Å². The van der Waals surface area contributed by atoms with Crippen LogP contribution in [-0.4, -0.2) is 18.1 Å². The molecule has 3 rings (SSSR count).